The Morgan fingerprint density at radius 2 is 1.68 bits per heavy atom. The molecular weight excluding hydrogens is 372 g/mol. The molecule has 4 nitrogen and oxygen atoms in total. The molecule has 148 valence electrons. The van der Waals surface area contributed by atoms with Gasteiger partial charge in [0.2, 0.25) is 5.91 Å². The monoisotopic (exact) mass is 398 g/mol. The van der Waals surface area contributed by atoms with Crippen LogP contribution in [0.5, 0.6) is 0 Å². The van der Waals surface area contributed by atoms with Crippen molar-refractivity contribution in [3.05, 3.63) is 70.7 Å². The van der Waals surface area contributed by atoms with Gasteiger partial charge in [0.15, 0.2) is 0 Å². The number of carbonyl (C=O) groups excluding carboxylic acids is 2. The molecule has 1 aliphatic rings. The van der Waals surface area contributed by atoms with Crippen LogP contribution in [0.3, 0.4) is 0 Å². The highest BCUT2D eigenvalue weighted by molar-refractivity contribution is 6.33. The molecule has 3 rings (SSSR count). The average molecular weight is 399 g/mol. The van der Waals surface area contributed by atoms with Gasteiger partial charge in [-0.1, -0.05) is 54.1 Å². The Morgan fingerprint density at radius 3 is 2.39 bits per heavy atom. The molecule has 2 amide bonds. The second-order valence-electron chi connectivity index (χ2n) is 7.36. The lowest BCUT2D eigenvalue weighted by atomic mass is 9.93. The van der Waals surface area contributed by atoms with Gasteiger partial charge in [-0.3, -0.25) is 9.59 Å². The van der Waals surface area contributed by atoms with E-state index in [1.807, 2.05) is 35.2 Å². The number of hydrogen-bond donors (Lipinski definition) is 1. The molecule has 0 unspecified atom stereocenters. The van der Waals surface area contributed by atoms with Gasteiger partial charge in [0.1, 0.15) is 0 Å². The van der Waals surface area contributed by atoms with E-state index in [9.17, 15) is 9.59 Å². The molecule has 2 aromatic carbocycles. The van der Waals surface area contributed by atoms with Crippen molar-refractivity contribution in [3.8, 4) is 0 Å². The van der Waals surface area contributed by atoms with E-state index in [-0.39, 0.29) is 11.8 Å². The van der Waals surface area contributed by atoms with Gasteiger partial charge < -0.3 is 10.2 Å². The molecule has 0 aliphatic carbocycles. The number of piperidine rings is 1. The van der Waals surface area contributed by atoms with Gasteiger partial charge >= 0.3 is 0 Å². The first kappa shape index (κ1) is 20.4. The van der Waals surface area contributed by atoms with Gasteiger partial charge in [-0.15, -0.1) is 0 Å². The molecular formula is C23H27ClN2O2. The number of nitrogens with one attached hydrogen (secondary N) is 1. The zero-order valence-corrected chi connectivity index (χ0v) is 16.8. The summed E-state index contributed by atoms with van der Waals surface area (Å²) in [5.74, 6) is 0.433. The molecule has 0 aromatic heterocycles. The minimum absolute atomic E-state index is 0.0191. The maximum absolute atomic E-state index is 12.6. The number of rotatable bonds is 7. The standard InChI is InChI=1S/C23H27ClN2O2/c24-21-11-5-4-10-20(21)23(28)26-15-12-19(13-16-26)17-22(27)25-14-6-9-18-7-2-1-3-8-18/h1-5,7-8,10-11,19H,6,9,12-17H2,(H,25,27). The second-order valence-corrected chi connectivity index (χ2v) is 7.77. The summed E-state index contributed by atoms with van der Waals surface area (Å²) in [7, 11) is 0. The number of nitrogens with zero attached hydrogens (tertiary/aromatic N) is 1. The number of likely N-dealkylation sites (tertiary alicyclic amines) is 1. The highest BCUT2D eigenvalue weighted by atomic mass is 35.5. The quantitative estimate of drug-likeness (QED) is 0.705. The third-order valence-electron chi connectivity index (χ3n) is 5.29. The highest BCUT2D eigenvalue weighted by Gasteiger charge is 2.25. The van der Waals surface area contributed by atoms with Crippen molar-refractivity contribution in [2.24, 2.45) is 5.92 Å². The van der Waals surface area contributed by atoms with E-state index in [4.69, 9.17) is 11.6 Å². The van der Waals surface area contributed by atoms with Crippen LogP contribution in [0.25, 0.3) is 0 Å². The van der Waals surface area contributed by atoms with Crippen molar-refractivity contribution < 1.29 is 9.59 Å². The third-order valence-corrected chi connectivity index (χ3v) is 5.62. The second kappa shape index (κ2) is 10.3. The van der Waals surface area contributed by atoms with E-state index in [1.165, 1.54) is 5.56 Å². The average Bonchev–Trinajstić information content (AvgIpc) is 2.72. The molecule has 0 bridgehead atoms. The summed E-state index contributed by atoms with van der Waals surface area (Å²) in [4.78, 5) is 26.6. The predicted octanol–water partition coefficient (Wildman–Crippen LogP) is 4.33. The predicted molar refractivity (Wildman–Crippen MR) is 112 cm³/mol. The van der Waals surface area contributed by atoms with Crippen LogP contribution in [0.1, 0.15) is 41.6 Å². The van der Waals surface area contributed by atoms with Crippen molar-refractivity contribution >= 4 is 23.4 Å². The van der Waals surface area contributed by atoms with Gasteiger partial charge in [-0.2, -0.15) is 0 Å². The Balaban J connectivity index is 1.35. The molecule has 0 spiro atoms. The van der Waals surface area contributed by atoms with E-state index in [0.717, 1.165) is 25.7 Å². The number of carbonyl (C=O) groups is 2. The Hall–Kier alpha value is -2.33. The minimum atomic E-state index is -0.0191. The molecule has 1 heterocycles. The molecule has 5 heteroatoms. The fraction of sp³-hybridized carbons (Fsp3) is 0.391. The molecule has 2 aromatic rings. The van der Waals surface area contributed by atoms with E-state index in [1.54, 1.807) is 12.1 Å². The van der Waals surface area contributed by atoms with Crippen molar-refractivity contribution in [1.29, 1.82) is 0 Å². The lowest BCUT2D eigenvalue weighted by molar-refractivity contribution is -0.122. The molecule has 0 saturated carbocycles. The number of halogens is 1. The van der Waals surface area contributed by atoms with Crippen molar-refractivity contribution in [3.63, 3.8) is 0 Å². The summed E-state index contributed by atoms with van der Waals surface area (Å²) in [5, 5.41) is 3.52. The normalized spacial score (nSPS) is 14.7. The van der Waals surface area contributed by atoms with E-state index in [0.29, 0.717) is 42.6 Å². The largest absolute Gasteiger partial charge is 0.356 e. The topological polar surface area (TPSA) is 49.4 Å². The molecule has 28 heavy (non-hydrogen) atoms. The summed E-state index contributed by atoms with van der Waals surface area (Å²) < 4.78 is 0. The Bertz CT molecular complexity index is 786. The Labute approximate surface area is 171 Å². The summed E-state index contributed by atoms with van der Waals surface area (Å²) in [6, 6.07) is 17.5. The Kier molecular flexibility index (Phi) is 7.49. The van der Waals surface area contributed by atoms with E-state index in [2.05, 4.69) is 17.4 Å². The minimum Gasteiger partial charge on any atom is -0.356 e. The van der Waals surface area contributed by atoms with Gasteiger partial charge in [0.25, 0.3) is 5.91 Å². The molecule has 1 N–H and O–H groups in total. The number of hydrogen-bond acceptors (Lipinski definition) is 2. The van der Waals surface area contributed by atoms with Crippen LogP contribution in [0.4, 0.5) is 0 Å². The lowest BCUT2D eigenvalue weighted by Crippen LogP contribution is -2.39. The van der Waals surface area contributed by atoms with E-state index >= 15 is 0 Å². The molecule has 1 saturated heterocycles. The first-order valence-corrected chi connectivity index (χ1v) is 10.4. The number of amides is 2. The van der Waals surface area contributed by atoms with Crippen LogP contribution < -0.4 is 5.32 Å². The van der Waals surface area contributed by atoms with Crippen LogP contribution in [0.2, 0.25) is 5.02 Å². The Morgan fingerprint density at radius 1 is 1.00 bits per heavy atom. The number of aryl methyl sites for hydroxylation is 1. The van der Waals surface area contributed by atoms with Crippen molar-refractivity contribution in [2.45, 2.75) is 32.1 Å². The third kappa shape index (κ3) is 5.83. The maximum Gasteiger partial charge on any atom is 0.255 e. The molecule has 1 fully saturated rings. The number of benzene rings is 2. The first-order chi connectivity index (χ1) is 13.6. The smallest absolute Gasteiger partial charge is 0.255 e. The van der Waals surface area contributed by atoms with E-state index < -0.39 is 0 Å². The van der Waals surface area contributed by atoms with Crippen molar-refractivity contribution in [1.82, 2.24) is 10.2 Å². The zero-order valence-electron chi connectivity index (χ0n) is 16.1. The highest BCUT2D eigenvalue weighted by Crippen LogP contribution is 2.24. The summed E-state index contributed by atoms with van der Waals surface area (Å²) in [6.45, 7) is 2.06. The van der Waals surface area contributed by atoms with Gasteiger partial charge in [0, 0.05) is 26.1 Å². The van der Waals surface area contributed by atoms with Gasteiger partial charge in [-0.25, -0.2) is 0 Å². The fourth-order valence-electron chi connectivity index (χ4n) is 3.64. The SMILES string of the molecule is O=C(CC1CCN(C(=O)c2ccccc2Cl)CC1)NCCCc1ccccc1. The molecule has 1 aliphatic heterocycles. The van der Waals surface area contributed by atoms with Crippen LogP contribution in [-0.2, 0) is 11.2 Å². The summed E-state index contributed by atoms with van der Waals surface area (Å²) in [6.07, 6.45) is 4.17. The first-order valence-electron chi connectivity index (χ1n) is 9.98. The summed E-state index contributed by atoms with van der Waals surface area (Å²) in [5.41, 5.74) is 1.85. The molecule has 0 atom stereocenters. The summed E-state index contributed by atoms with van der Waals surface area (Å²) >= 11 is 6.13. The van der Waals surface area contributed by atoms with Crippen LogP contribution in [-0.4, -0.2) is 36.3 Å². The molecule has 0 radical (unpaired) electrons. The van der Waals surface area contributed by atoms with Crippen LogP contribution in [0.15, 0.2) is 54.6 Å². The van der Waals surface area contributed by atoms with Gasteiger partial charge in [0.05, 0.1) is 10.6 Å². The maximum atomic E-state index is 12.6. The zero-order chi connectivity index (χ0) is 19.8. The van der Waals surface area contributed by atoms with Crippen molar-refractivity contribution in [2.75, 3.05) is 19.6 Å². The fourth-order valence-corrected chi connectivity index (χ4v) is 3.86. The lowest BCUT2D eigenvalue weighted by Gasteiger charge is -2.32. The van der Waals surface area contributed by atoms with Crippen LogP contribution in [0, 0.1) is 5.92 Å². The van der Waals surface area contributed by atoms with Gasteiger partial charge in [-0.05, 0) is 49.3 Å². The van der Waals surface area contributed by atoms with Crippen LogP contribution >= 0.6 is 11.6 Å².